The number of nitrogens with zero attached hydrogens (tertiary/aromatic N) is 2. The van der Waals surface area contributed by atoms with Crippen molar-refractivity contribution in [3.05, 3.63) is 48.0 Å². The fourth-order valence-electron chi connectivity index (χ4n) is 2.77. The highest BCUT2D eigenvalue weighted by molar-refractivity contribution is 7.18. The first-order chi connectivity index (χ1) is 12.3. The number of hydrazone groups is 1. The van der Waals surface area contributed by atoms with Gasteiger partial charge in [0.05, 0.1) is 17.5 Å². The van der Waals surface area contributed by atoms with E-state index < -0.39 is 0 Å². The summed E-state index contributed by atoms with van der Waals surface area (Å²) < 4.78 is 0. The number of hydrogen-bond donors (Lipinski definition) is 2. The molecule has 0 aliphatic rings. The minimum Gasteiger partial charge on any atom is -0.309 e. The predicted octanol–water partition coefficient (Wildman–Crippen LogP) is 3.36. The molecule has 0 aromatic carbocycles. The van der Waals surface area contributed by atoms with E-state index in [-0.39, 0.29) is 17.9 Å². The van der Waals surface area contributed by atoms with Crippen molar-refractivity contribution in [3.63, 3.8) is 0 Å². The molecule has 0 spiro atoms. The maximum atomic E-state index is 12.3. The molecule has 2 N–H and O–H groups in total. The van der Waals surface area contributed by atoms with Crippen molar-refractivity contribution in [1.82, 2.24) is 15.4 Å². The Kier molecular flexibility index (Phi) is 5.06. The second-order valence-corrected chi connectivity index (χ2v) is 8.88. The third-order valence-corrected chi connectivity index (χ3v) is 6.26. The van der Waals surface area contributed by atoms with Crippen LogP contribution in [-0.4, -0.2) is 21.6 Å². The van der Waals surface area contributed by atoms with E-state index >= 15 is 0 Å². The SMILES string of the molecule is C/C(=N/NC(=O)Cc1nc2sc(C)c(C)c2c(=O)[nH]1)c1cc(C)sc1C. The maximum Gasteiger partial charge on any atom is 0.259 e. The Balaban J connectivity index is 1.76. The highest BCUT2D eigenvalue weighted by Gasteiger charge is 2.14. The summed E-state index contributed by atoms with van der Waals surface area (Å²) in [5.41, 5.74) is 5.07. The summed E-state index contributed by atoms with van der Waals surface area (Å²) in [6, 6.07) is 2.05. The number of aromatic amines is 1. The third kappa shape index (κ3) is 3.61. The van der Waals surface area contributed by atoms with Crippen molar-refractivity contribution in [2.75, 3.05) is 0 Å². The van der Waals surface area contributed by atoms with E-state index in [1.165, 1.54) is 16.2 Å². The Hall–Kier alpha value is -2.32. The van der Waals surface area contributed by atoms with Gasteiger partial charge in [-0.25, -0.2) is 10.4 Å². The van der Waals surface area contributed by atoms with Gasteiger partial charge in [-0.2, -0.15) is 5.10 Å². The number of amides is 1. The molecule has 3 aromatic rings. The van der Waals surface area contributed by atoms with Gasteiger partial charge in [0.1, 0.15) is 10.7 Å². The highest BCUT2D eigenvalue weighted by atomic mass is 32.1. The molecule has 0 unspecified atom stereocenters. The Morgan fingerprint density at radius 2 is 1.96 bits per heavy atom. The molecule has 0 aliphatic heterocycles. The van der Waals surface area contributed by atoms with Crippen LogP contribution in [0.15, 0.2) is 16.0 Å². The first-order valence-corrected chi connectivity index (χ1v) is 9.79. The van der Waals surface area contributed by atoms with Gasteiger partial charge in [-0.1, -0.05) is 0 Å². The van der Waals surface area contributed by atoms with Crippen LogP contribution in [0.2, 0.25) is 0 Å². The number of carbonyl (C=O) groups is 1. The van der Waals surface area contributed by atoms with Crippen LogP contribution in [0, 0.1) is 27.7 Å². The van der Waals surface area contributed by atoms with Crippen LogP contribution in [-0.2, 0) is 11.2 Å². The highest BCUT2D eigenvalue weighted by Crippen LogP contribution is 2.25. The van der Waals surface area contributed by atoms with Crippen LogP contribution in [0.25, 0.3) is 10.2 Å². The van der Waals surface area contributed by atoms with E-state index in [0.29, 0.717) is 16.0 Å². The van der Waals surface area contributed by atoms with Crippen molar-refractivity contribution in [2.24, 2.45) is 5.10 Å². The summed E-state index contributed by atoms with van der Waals surface area (Å²) in [5, 5.41) is 4.78. The third-order valence-electron chi connectivity index (χ3n) is 4.20. The average molecular weight is 389 g/mol. The Labute approximate surface area is 159 Å². The summed E-state index contributed by atoms with van der Waals surface area (Å²) in [6.45, 7) is 9.79. The molecule has 3 heterocycles. The lowest BCUT2D eigenvalue weighted by Crippen LogP contribution is -2.24. The van der Waals surface area contributed by atoms with Crippen molar-refractivity contribution in [1.29, 1.82) is 0 Å². The maximum absolute atomic E-state index is 12.3. The lowest BCUT2D eigenvalue weighted by atomic mass is 10.2. The second kappa shape index (κ2) is 7.13. The summed E-state index contributed by atoms with van der Waals surface area (Å²) in [4.78, 5) is 35.6. The average Bonchev–Trinajstić information content (AvgIpc) is 3.04. The summed E-state index contributed by atoms with van der Waals surface area (Å²) in [6.07, 6.45) is -0.0282. The van der Waals surface area contributed by atoms with Gasteiger partial charge in [0.2, 0.25) is 5.91 Å². The number of thiophene rings is 2. The first kappa shape index (κ1) is 18.5. The van der Waals surface area contributed by atoms with Gasteiger partial charge in [-0.3, -0.25) is 9.59 Å². The second-order valence-electron chi connectivity index (χ2n) is 6.21. The number of fused-ring (bicyclic) bond motifs is 1. The fourth-order valence-corrected chi connectivity index (χ4v) is 4.80. The molecule has 0 saturated heterocycles. The lowest BCUT2D eigenvalue weighted by Gasteiger charge is -2.03. The number of rotatable bonds is 4. The topological polar surface area (TPSA) is 87.2 Å². The largest absolute Gasteiger partial charge is 0.309 e. The Bertz CT molecular complexity index is 1090. The molecule has 0 aliphatic carbocycles. The van der Waals surface area contributed by atoms with E-state index in [2.05, 4.69) is 26.6 Å². The van der Waals surface area contributed by atoms with Crippen LogP contribution < -0.4 is 11.0 Å². The Morgan fingerprint density at radius 3 is 2.62 bits per heavy atom. The zero-order valence-electron chi connectivity index (χ0n) is 15.3. The molecule has 3 rings (SSSR count). The predicted molar refractivity (Wildman–Crippen MR) is 108 cm³/mol. The zero-order valence-corrected chi connectivity index (χ0v) is 16.9. The molecule has 0 bridgehead atoms. The van der Waals surface area contributed by atoms with E-state index in [9.17, 15) is 9.59 Å². The molecule has 26 heavy (non-hydrogen) atoms. The Morgan fingerprint density at radius 1 is 1.23 bits per heavy atom. The standard InChI is InChI=1S/C18H20N4O2S2/c1-8-6-13(12(5)25-8)10(3)21-22-15(23)7-14-19-17(24)16-9(2)11(4)26-18(16)20-14/h6H,7H2,1-5H3,(H,22,23)(H,19,20,24)/b21-10-. The molecule has 0 saturated carbocycles. The molecular formula is C18H20N4O2S2. The van der Waals surface area contributed by atoms with Crippen LogP contribution in [0.5, 0.6) is 0 Å². The molecule has 1 amide bonds. The van der Waals surface area contributed by atoms with Gasteiger partial charge in [0.15, 0.2) is 0 Å². The van der Waals surface area contributed by atoms with Gasteiger partial charge < -0.3 is 4.98 Å². The molecule has 0 fully saturated rings. The first-order valence-electron chi connectivity index (χ1n) is 8.15. The van der Waals surface area contributed by atoms with Crippen LogP contribution in [0.3, 0.4) is 0 Å². The molecule has 8 heteroatoms. The van der Waals surface area contributed by atoms with E-state index in [1.807, 2.05) is 34.6 Å². The normalized spacial score (nSPS) is 12.0. The number of hydrogen-bond acceptors (Lipinski definition) is 6. The molecule has 0 atom stereocenters. The molecular weight excluding hydrogens is 368 g/mol. The van der Waals surface area contributed by atoms with Crippen molar-refractivity contribution >= 4 is 44.5 Å². The number of aromatic nitrogens is 2. The summed E-state index contributed by atoms with van der Waals surface area (Å²) >= 11 is 3.16. The van der Waals surface area contributed by atoms with Gasteiger partial charge in [-0.15, -0.1) is 22.7 Å². The van der Waals surface area contributed by atoms with Crippen LogP contribution in [0.1, 0.15) is 38.5 Å². The number of carbonyl (C=O) groups excluding carboxylic acids is 1. The van der Waals surface area contributed by atoms with Gasteiger partial charge in [0.25, 0.3) is 5.56 Å². The molecule has 0 radical (unpaired) electrons. The summed E-state index contributed by atoms with van der Waals surface area (Å²) in [7, 11) is 0. The van der Waals surface area contributed by atoms with Gasteiger partial charge >= 0.3 is 0 Å². The molecule has 3 aromatic heterocycles. The smallest absolute Gasteiger partial charge is 0.259 e. The van der Waals surface area contributed by atoms with Crippen molar-refractivity contribution < 1.29 is 4.79 Å². The zero-order chi connectivity index (χ0) is 19.0. The minimum absolute atomic E-state index is 0.0282. The van der Waals surface area contributed by atoms with E-state index in [0.717, 1.165) is 26.6 Å². The lowest BCUT2D eigenvalue weighted by molar-refractivity contribution is -0.120. The van der Waals surface area contributed by atoms with E-state index in [1.54, 1.807) is 11.3 Å². The van der Waals surface area contributed by atoms with Gasteiger partial charge in [-0.05, 0) is 46.2 Å². The van der Waals surface area contributed by atoms with Crippen LogP contribution in [0.4, 0.5) is 0 Å². The van der Waals surface area contributed by atoms with E-state index in [4.69, 9.17) is 0 Å². The molecule has 136 valence electrons. The number of H-pyrrole nitrogens is 1. The number of aryl methyl sites for hydroxylation is 4. The fraction of sp³-hybridized carbons (Fsp3) is 0.333. The minimum atomic E-state index is -0.318. The van der Waals surface area contributed by atoms with Crippen LogP contribution >= 0.6 is 22.7 Å². The molecule has 6 nitrogen and oxygen atoms in total. The summed E-state index contributed by atoms with van der Waals surface area (Å²) in [5.74, 6) is 0.0260. The van der Waals surface area contributed by atoms with Crippen molar-refractivity contribution in [3.8, 4) is 0 Å². The van der Waals surface area contributed by atoms with Crippen molar-refractivity contribution in [2.45, 2.75) is 41.0 Å². The number of nitrogens with one attached hydrogen (secondary N) is 2. The quantitative estimate of drug-likeness (QED) is 0.531. The monoisotopic (exact) mass is 388 g/mol. The van der Waals surface area contributed by atoms with Gasteiger partial charge in [0, 0.05) is 20.2 Å².